The third-order valence-electron chi connectivity index (χ3n) is 3.39. The Morgan fingerprint density at radius 1 is 1.27 bits per heavy atom. The Morgan fingerprint density at radius 3 is 2.36 bits per heavy atom. The van der Waals surface area contributed by atoms with Gasteiger partial charge >= 0.3 is 0 Å². The summed E-state index contributed by atoms with van der Waals surface area (Å²) in [5.74, 6) is 0.0956. The lowest BCUT2D eigenvalue weighted by molar-refractivity contribution is -0.124. The fourth-order valence-corrected chi connectivity index (χ4v) is 3.50. The van der Waals surface area contributed by atoms with Crippen LogP contribution in [-0.2, 0) is 11.5 Å². The van der Waals surface area contributed by atoms with Gasteiger partial charge in [-0.2, -0.15) is 5.10 Å². The predicted octanol–water partition coefficient (Wildman–Crippen LogP) is 1.47. The average molecular weight is 344 g/mol. The summed E-state index contributed by atoms with van der Waals surface area (Å²) < 4.78 is 2.71. The molecule has 0 atom stereocenters. The summed E-state index contributed by atoms with van der Waals surface area (Å²) in [6.45, 7) is 12.9. The molecule has 0 aliphatic carbocycles. The van der Waals surface area contributed by atoms with Crippen molar-refractivity contribution in [2.45, 2.75) is 39.9 Å². The third-order valence-corrected chi connectivity index (χ3v) is 4.61. The van der Waals surface area contributed by atoms with Crippen LogP contribution in [0.2, 0.25) is 0 Å². The Labute approximate surface area is 141 Å². The van der Waals surface area contributed by atoms with Crippen molar-refractivity contribution in [1.82, 2.24) is 24.9 Å². The highest BCUT2D eigenvalue weighted by molar-refractivity contribution is 7.73. The normalized spacial score (nSPS) is 17.6. The summed E-state index contributed by atoms with van der Waals surface area (Å²) in [6.07, 6.45) is 0. The Kier molecular flexibility index (Phi) is 5.70. The van der Waals surface area contributed by atoms with Crippen molar-refractivity contribution in [3.05, 3.63) is 8.96 Å². The van der Waals surface area contributed by atoms with Gasteiger partial charge in [-0.3, -0.25) is 14.6 Å². The summed E-state index contributed by atoms with van der Waals surface area (Å²) >= 11 is 6.85. The topological polar surface area (TPSA) is 53.4 Å². The number of carbonyl (C=O) groups is 1. The second-order valence-electron chi connectivity index (χ2n) is 6.72. The molecule has 2 heterocycles. The van der Waals surface area contributed by atoms with Crippen molar-refractivity contribution in [3.8, 4) is 0 Å². The molecule has 0 radical (unpaired) electrons. The summed E-state index contributed by atoms with van der Waals surface area (Å²) in [5, 5.41) is 8.43. The molecular weight excluding hydrogens is 318 g/mol. The van der Waals surface area contributed by atoms with Gasteiger partial charge in [-0.1, -0.05) is 11.3 Å². The Hall–Kier alpha value is -0.830. The van der Waals surface area contributed by atoms with Gasteiger partial charge < -0.3 is 5.32 Å². The second-order valence-corrected chi connectivity index (χ2v) is 8.55. The van der Waals surface area contributed by atoms with Crippen LogP contribution in [0.15, 0.2) is 0 Å². The van der Waals surface area contributed by atoms with Crippen LogP contribution in [0.5, 0.6) is 0 Å². The third kappa shape index (κ3) is 5.42. The van der Waals surface area contributed by atoms with E-state index in [2.05, 4.69) is 20.2 Å². The molecule has 1 saturated heterocycles. The molecule has 1 aromatic rings. The molecule has 6 nitrogen and oxygen atoms in total. The van der Waals surface area contributed by atoms with Crippen LogP contribution in [-0.4, -0.2) is 63.8 Å². The van der Waals surface area contributed by atoms with E-state index in [4.69, 9.17) is 12.2 Å². The first-order chi connectivity index (χ1) is 10.2. The molecule has 22 heavy (non-hydrogen) atoms. The largest absolute Gasteiger partial charge is 0.350 e. The predicted molar refractivity (Wildman–Crippen MR) is 91.6 cm³/mol. The lowest BCUT2D eigenvalue weighted by atomic mass is 10.1. The van der Waals surface area contributed by atoms with E-state index in [1.54, 1.807) is 11.3 Å². The maximum Gasteiger partial charge on any atom is 0.234 e. The molecule has 1 aliphatic heterocycles. The van der Waals surface area contributed by atoms with Crippen molar-refractivity contribution < 1.29 is 4.79 Å². The van der Waals surface area contributed by atoms with E-state index in [1.807, 2.05) is 32.4 Å². The zero-order valence-electron chi connectivity index (χ0n) is 13.8. The van der Waals surface area contributed by atoms with Crippen LogP contribution in [0.3, 0.4) is 0 Å². The van der Waals surface area contributed by atoms with Gasteiger partial charge in [-0.15, -0.1) is 0 Å². The number of carbonyl (C=O) groups excluding carboxylic acids is 1. The average Bonchev–Trinajstić information content (AvgIpc) is 2.68. The van der Waals surface area contributed by atoms with Crippen LogP contribution in [0.25, 0.3) is 0 Å². The first-order valence-electron chi connectivity index (χ1n) is 7.53. The van der Waals surface area contributed by atoms with Crippen molar-refractivity contribution in [1.29, 1.82) is 0 Å². The number of amides is 1. The lowest BCUT2D eigenvalue weighted by Crippen LogP contribution is -2.51. The quantitative estimate of drug-likeness (QED) is 0.839. The summed E-state index contributed by atoms with van der Waals surface area (Å²) in [4.78, 5) is 16.5. The minimum Gasteiger partial charge on any atom is -0.350 e. The van der Waals surface area contributed by atoms with Gasteiger partial charge in [0.2, 0.25) is 5.91 Å². The van der Waals surface area contributed by atoms with Gasteiger partial charge in [0.15, 0.2) is 3.95 Å². The Morgan fingerprint density at radius 2 is 1.86 bits per heavy atom. The molecule has 1 aromatic heterocycles. The summed E-state index contributed by atoms with van der Waals surface area (Å²) in [5.41, 5.74) is -0.169. The fourth-order valence-electron chi connectivity index (χ4n) is 2.44. The fraction of sp³-hybridized carbons (Fsp3) is 0.786. The highest BCUT2D eigenvalue weighted by atomic mass is 32.1. The number of piperazine rings is 1. The van der Waals surface area contributed by atoms with E-state index in [-0.39, 0.29) is 11.4 Å². The van der Waals surface area contributed by atoms with Crippen LogP contribution in [0.4, 0.5) is 0 Å². The van der Waals surface area contributed by atoms with Crippen molar-refractivity contribution in [2.75, 3.05) is 32.7 Å². The van der Waals surface area contributed by atoms with E-state index < -0.39 is 0 Å². The molecule has 1 fully saturated rings. The van der Waals surface area contributed by atoms with Crippen molar-refractivity contribution in [3.63, 3.8) is 0 Å². The number of hydrogen-bond acceptors (Lipinski definition) is 6. The first kappa shape index (κ1) is 17.5. The highest BCUT2D eigenvalue weighted by Crippen LogP contribution is 2.09. The van der Waals surface area contributed by atoms with Gasteiger partial charge in [-0.05, 0) is 39.9 Å². The standard InChI is InChI=1S/C14H25N5OS2/c1-11-16-19(13(21)22-11)10-18-7-5-17(6-8-18)9-12(20)15-14(2,3)4/h5-10H2,1-4H3,(H,15,20). The maximum atomic E-state index is 12.0. The molecule has 8 heteroatoms. The minimum absolute atomic E-state index is 0.0956. The van der Waals surface area contributed by atoms with E-state index in [9.17, 15) is 4.79 Å². The molecular formula is C14H25N5OS2. The van der Waals surface area contributed by atoms with Crippen LogP contribution in [0, 0.1) is 10.9 Å². The molecule has 0 spiro atoms. The molecule has 0 unspecified atom stereocenters. The lowest BCUT2D eigenvalue weighted by Gasteiger charge is -2.34. The molecule has 0 aromatic carbocycles. The number of aromatic nitrogens is 2. The number of nitrogens with zero attached hydrogens (tertiary/aromatic N) is 4. The monoisotopic (exact) mass is 343 g/mol. The zero-order valence-corrected chi connectivity index (χ0v) is 15.4. The number of hydrogen-bond donors (Lipinski definition) is 1. The Balaban J connectivity index is 1.77. The van der Waals surface area contributed by atoms with Crippen molar-refractivity contribution >= 4 is 29.5 Å². The van der Waals surface area contributed by atoms with Crippen LogP contribution >= 0.6 is 23.6 Å². The number of aryl methyl sites for hydroxylation is 1. The van der Waals surface area contributed by atoms with Gasteiger partial charge in [0, 0.05) is 31.7 Å². The number of rotatable bonds is 4. The smallest absolute Gasteiger partial charge is 0.234 e. The highest BCUT2D eigenvalue weighted by Gasteiger charge is 2.21. The zero-order chi connectivity index (χ0) is 16.3. The SMILES string of the molecule is Cc1nn(CN2CCN(CC(=O)NC(C)(C)C)CC2)c(=S)s1. The number of nitrogens with one attached hydrogen (secondary N) is 1. The Bertz CT molecular complexity index is 567. The maximum absolute atomic E-state index is 12.0. The van der Waals surface area contributed by atoms with Crippen molar-refractivity contribution in [2.24, 2.45) is 0 Å². The van der Waals surface area contributed by atoms with Gasteiger partial charge in [0.25, 0.3) is 0 Å². The molecule has 1 amide bonds. The summed E-state index contributed by atoms with van der Waals surface area (Å²) in [7, 11) is 0. The van der Waals surface area contributed by atoms with Crippen LogP contribution < -0.4 is 5.32 Å². The van der Waals surface area contributed by atoms with Gasteiger partial charge in [0.1, 0.15) is 5.01 Å². The molecule has 0 bridgehead atoms. The van der Waals surface area contributed by atoms with Gasteiger partial charge in [-0.25, -0.2) is 4.68 Å². The molecule has 0 saturated carbocycles. The molecule has 2 rings (SSSR count). The van der Waals surface area contributed by atoms with E-state index in [0.717, 1.165) is 41.8 Å². The van der Waals surface area contributed by atoms with E-state index in [0.29, 0.717) is 6.54 Å². The minimum atomic E-state index is -0.169. The first-order valence-corrected chi connectivity index (χ1v) is 8.76. The van der Waals surface area contributed by atoms with E-state index in [1.165, 1.54) is 0 Å². The molecule has 124 valence electrons. The van der Waals surface area contributed by atoms with Gasteiger partial charge in [0.05, 0.1) is 13.2 Å². The summed E-state index contributed by atoms with van der Waals surface area (Å²) in [6, 6.07) is 0. The molecule has 1 N–H and O–H groups in total. The second kappa shape index (κ2) is 7.16. The van der Waals surface area contributed by atoms with E-state index >= 15 is 0 Å². The molecule has 1 aliphatic rings. The van der Waals surface area contributed by atoms with Crippen LogP contribution in [0.1, 0.15) is 25.8 Å².